The number of rotatable bonds is 16. The molecule has 1 aliphatic heterocycles. The van der Waals surface area contributed by atoms with Gasteiger partial charge in [0.2, 0.25) is 18.1 Å². The van der Waals surface area contributed by atoms with E-state index in [4.69, 9.17) is 42.3 Å². The molecule has 14 heteroatoms. The van der Waals surface area contributed by atoms with Gasteiger partial charge in [0.1, 0.15) is 30.7 Å². The van der Waals surface area contributed by atoms with Crippen LogP contribution >= 0.6 is 0 Å². The van der Waals surface area contributed by atoms with Crippen LogP contribution in [-0.4, -0.2) is 67.3 Å². The summed E-state index contributed by atoms with van der Waals surface area (Å²) >= 11 is 0. The number of hydrogen-bond acceptors (Lipinski definition) is 14. The molecule has 2 aliphatic rings. The van der Waals surface area contributed by atoms with Gasteiger partial charge in [-0.2, -0.15) is 0 Å². The van der Waals surface area contributed by atoms with Crippen molar-refractivity contribution in [1.82, 2.24) is 0 Å². The number of carbonyl (C=O) groups excluding carboxylic acids is 4. The molecule has 7 aromatic rings. The molecule has 0 radical (unpaired) electrons. The highest BCUT2D eigenvalue weighted by Gasteiger charge is 2.54. The Morgan fingerprint density at radius 2 is 1.03 bits per heavy atom. The van der Waals surface area contributed by atoms with Gasteiger partial charge in [0.15, 0.2) is 18.0 Å². The third-order valence-corrected chi connectivity index (χ3v) is 12.3. The standard InChI is InChI=1S/C57H50O14/c1-36-27-29-42(30-28-36)65-50-47(63-34-37-17-7-2-8-18-37)44-32-31-43(33-45(44)67-56(50)62)66-57-51(71-55(61)41-25-15-6-16-26-41)49(70-54(60)40-23-13-5-14-24-40)48(69-53(59)39-21-11-4-12-22-39)46(68-57)35-64-52(58)38-19-9-3-10-20-38/h2-26,31-33,36,42,46,48-49,51,57H,27-30,34-35H2,1H3/t36?,42?,46-,48+,49+,51-,57-/m1/s1. The number of hydrogen-bond donors (Lipinski definition) is 0. The normalized spacial score (nSPS) is 20.7. The first kappa shape index (κ1) is 47.8. The van der Waals surface area contributed by atoms with E-state index >= 15 is 0 Å². The summed E-state index contributed by atoms with van der Waals surface area (Å²) in [7, 11) is 0. The smallest absolute Gasteiger partial charge is 0.383 e. The molecule has 6 aromatic carbocycles. The highest BCUT2D eigenvalue weighted by atomic mass is 16.7. The first-order valence-electron chi connectivity index (χ1n) is 23.4. The quantitative estimate of drug-likeness (QED) is 0.0509. The van der Waals surface area contributed by atoms with E-state index < -0.39 is 66.8 Å². The highest BCUT2D eigenvalue weighted by molar-refractivity contribution is 5.92. The van der Waals surface area contributed by atoms with Crippen LogP contribution in [0.1, 0.15) is 79.6 Å². The number of ether oxygens (including phenoxy) is 8. The molecule has 1 saturated heterocycles. The molecular weight excluding hydrogens is 909 g/mol. The highest BCUT2D eigenvalue weighted by Crippen LogP contribution is 2.39. The van der Waals surface area contributed by atoms with E-state index in [1.165, 1.54) is 42.5 Å². The van der Waals surface area contributed by atoms with E-state index in [0.29, 0.717) is 11.3 Å². The summed E-state index contributed by atoms with van der Waals surface area (Å²) < 4.78 is 56.2. The molecule has 0 spiro atoms. The van der Waals surface area contributed by atoms with Gasteiger partial charge in [-0.15, -0.1) is 0 Å². The minimum absolute atomic E-state index is 0.0442. The van der Waals surface area contributed by atoms with Crippen molar-refractivity contribution in [2.45, 2.75) is 76.0 Å². The molecule has 2 heterocycles. The predicted octanol–water partition coefficient (Wildman–Crippen LogP) is 9.97. The van der Waals surface area contributed by atoms with Crippen LogP contribution in [0, 0.1) is 5.92 Å². The van der Waals surface area contributed by atoms with Gasteiger partial charge >= 0.3 is 29.5 Å². The second-order valence-electron chi connectivity index (χ2n) is 17.3. The van der Waals surface area contributed by atoms with E-state index in [9.17, 15) is 24.0 Å². The zero-order valence-corrected chi connectivity index (χ0v) is 38.7. The minimum atomic E-state index is -1.67. The number of benzene rings is 6. The lowest BCUT2D eigenvalue weighted by Gasteiger charge is -2.44. The summed E-state index contributed by atoms with van der Waals surface area (Å²) in [5.74, 6) is -2.57. The van der Waals surface area contributed by atoms with Crippen molar-refractivity contribution in [3.8, 4) is 17.2 Å². The Balaban J connectivity index is 1.12. The van der Waals surface area contributed by atoms with Crippen molar-refractivity contribution in [1.29, 1.82) is 0 Å². The summed E-state index contributed by atoms with van der Waals surface area (Å²) in [6, 6.07) is 46.5. The zero-order chi connectivity index (χ0) is 49.1. The summed E-state index contributed by atoms with van der Waals surface area (Å²) in [5.41, 5.74) is 0.774. The summed E-state index contributed by atoms with van der Waals surface area (Å²) in [6.07, 6.45) is -4.79. The largest absolute Gasteiger partial charge is 0.484 e. The maximum absolute atomic E-state index is 14.1. The second kappa shape index (κ2) is 22.5. The average Bonchev–Trinajstić information content (AvgIpc) is 3.41. The first-order chi connectivity index (χ1) is 34.7. The molecule has 5 atom stereocenters. The predicted molar refractivity (Wildman–Crippen MR) is 258 cm³/mol. The fourth-order valence-electron chi connectivity index (χ4n) is 8.45. The maximum Gasteiger partial charge on any atom is 0.383 e. The van der Waals surface area contributed by atoms with Gasteiger partial charge in [-0.05, 0) is 97.8 Å². The van der Waals surface area contributed by atoms with Crippen LogP contribution < -0.4 is 19.8 Å². The van der Waals surface area contributed by atoms with Crippen molar-refractivity contribution >= 4 is 34.8 Å². The average molecular weight is 959 g/mol. The van der Waals surface area contributed by atoms with E-state index in [0.717, 1.165) is 31.2 Å². The van der Waals surface area contributed by atoms with Crippen LogP contribution in [0.4, 0.5) is 0 Å². The number of fused-ring (bicyclic) bond motifs is 1. The molecule has 362 valence electrons. The molecule has 14 nitrogen and oxygen atoms in total. The lowest BCUT2D eigenvalue weighted by molar-refractivity contribution is -0.275. The lowest BCUT2D eigenvalue weighted by Crippen LogP contribution is -2.63. The summed E-state index contributed by atoms with van der Waals surface area (Å²) in [5, 5.41) is 0.400. The molecule has 9 rings (SSSR count). The number of carbonyl (C=O) groups is 4. The van der Waals surface area contributed by atoms with Crippen LogP contribution in [-0.2, 0) is 30.3 Å². The van der Waals surface area contributed by atoms with Crippen LogP contribution in [0.15, 0.2) is 179 Å². The Morgan fingerprint density at radius 3 is 1.58 bits per heavy atom. The molecule has 0 unspecified atom stereocenters. The van der Waals surface area contributed by atoms with Crippen molar-refractivity contribution in [2.75, 3.05) is 6.61 Å². The van der Waals surface area contributed by atoms with Crippen molar-refractivity contribution in [3.05, 3.63) is 208 Å². The second-order valence-corrected chi connectivity index (χ2v) is 17.3. The van der Waals surface area contributed by atoms with Gasteiger partial charge in [-0.3, -0.25) is 0 Å². The number of esters is 4. The van der Waals surface area contributed by atoms with Crippen molar-refractivity contribution in [3.63, 3.8) is 0 Å². The van der Waals surface area contributed by atoms with Crippen LogP contribution in [0.2, 0.25) is 0 Å². The molecule has 71 heavy (non-hydrogen) atoms. The van der Waals surface area contributed by atoms with Crippen molar-refractivity contribution < 1.29 is 61.5 Å². The van der Waals surface area contributed by atoms with Crippen LogP contribution in [0.5, 0.6) is 17.2 Å². The molecule has 1 aliphatic carbocycles. The van der Waals surface area contributed by atoms with E-state index in [1.807, 2.05) is 30.3 Å². The molecule has 0 amide bonds. The fraction of sp³-hybridized carbons (Fsp3) is 0.246. The Morgan fingerprint density at radius 1 is 0.535 bits per heavy atom. The molecule has 1 saturated carbocycles. The van der Waals surface area contributed by atoms with Crippen molar-refractivity contribution in [2.24, 2.45) is 5.92 Å². The van der Waals surface area contributed by atoms with Crippen LogP contribution in [0.25, 0.3) is 11.0 Å². The Labute approximate surface area is 408 Å². The fourth-order valence-corrected chi connectivity index (χ4v) is 8.45. The topological polar surface area (TPSA) is 172 Å². The van der Waals surface area contributed by atoms with Crippen LogP contribution in [0.3, 0.4) is 0 Å². The molecule has 2 fully saturated rings. The summed E-state index contributed by atoms with van der Waals surface area (Å²) in [4.78, 5) is 69.6. The Kier molecular flexibility index (Phi) is 15.1. The molecular formula is C57H50O14. The Bertz CT molecular complexity index is 2980. The zero-order valence-electron chi connectivity index (χ0n) is 38.7. The van der Waals surface area contributed by atoms with Gasteiger partial charge in [0.25, 0.3) is 0 Å². The Hall–Kier alpha value is -8.23. The van der Waals surface area contributed by atoms with E-state index in [-0.39, 0.29) is 57.8 Å². The third kappa shape index (κ3) is 11.8. The minimum Gasteiger partial charge on any atom is -0.484 e. The monoisotopic (exact) mass is 958 g/mol. The summed E-state index contributed by atoms with van der Waals surface area (Å²) in [6.45, 7) is 1.76. The lowest BCUT2D eigenvalue weighted by atomic mass is 9.89. The molecule has 1 aromatic heterocycles. The maximum atomic E-state index is 14.1. The van der Waals surface area contributed by atoms with Gasteiger partial charge in [-0.25, -0.2) is 24.0 Å². The molecule has 0 N–H and O–H groups in total. The van der Waals surface area contributed by atoms with E-state index in [2.05, 4.69) is 6.92 Å². The molecule has 0 bridgehead atoms. The van der Waals surface area contributed by atoms with Gasteiger partial charge in [-0.1, -0.05) is 110 Å². The SMILES string of the molecule is CC1CCC(Oc2c(OCc3ccccc3)c3ccc(O[C@@H]4O[C@H](COC(=O)c5ccccc5)[C@H](OC(=O)c5ccccc5)[C@H](OC(=O)c5ccccc5)[C@H]4OC(=O)c4ccccc4)cc3oc2=O)CC1. The first-order valence-corrected chi connectivity index (χ1v) is 23.4. The van der Waals surface area contributed by atoms with Gasteiger partial charge in [0.05, 0.1) is 33.7 Å². The van der Waals surface area contributed by atoms with Gasteiger partial charge < -0.3 is 42.3 Å². The van der Waals surface area contributed by atoms with Gasteiger partial charge in [0, 0.05) is 6.07 Å². The van der Waals surface area contributed by atoms with E-state index in [1.54, 1.807) is 97.1 Å². The third-order valence-electron chi connectivity index (χ3n) is 12.3.